The first-order valence-corrected chi connectivity index (χ1v) is 6.30. The molecule has 0 bridgehead atoms. The third-order valence-electron chi connectivity index (χ3n) is 2.73. The molecule has 2 heterocycles. The zero-order valence-electron chi connectivity index (χ0n) is 11.4. The van der Waals surface area contributed by atoms with Gasteiger partial charge in [0.1, 0.15) is 17.9 Å². The van der Waals surface area contributed by atoms with Gasteiger partial charge in [0, 0.05) is 7.05 Å². The summed E-state index contributed by atoms with van der Waals surface area (Å²) in [6, 6.07) is 0. The molecule has 0 unspecified atom stereocenters. The van der Waals surface area contributed by atoms with Crippen LogP contribution in [0.4, 0.5) is 5.69 Å². The van der Waals surface area contributed by atoms with Crippen LogP contribution in [0.3, 0.4) is 0 Å². The number of halogens is 1. The fourth-order valence-corrected chi connectivity index (χ4v) is 1.74. The van der Waals surface area contributed by atoms with E-state index in [1.807, 2.05) is 0 Å². The summed E-state index contributed by atoms with van der Waals surface area (Å²) in [7, 11) is 3.02. The number of aryl methyl sites for hydroxylation is 1. The maximum Gasteiger partial charge on any atom is 0.327 e. The summed E-state index contributed by atoms with van der Waals surface area (Å²) in [5, 5.41) is 14.4. The number of aromatic nitrogens is 5. The molecule has 1 N–H and O–H groups in total. The van der Waals surface area contributed by atoms with Crippen LogP contribution in [0.25, 0.3) is 0 Å². The highest BCUT2D eigenvalue weighted by Crippen LogP contribution is 2.15. The Labute approximate surface area is 124 Å². The normalized spacial score (nSPS) is 10.4. The Morgan fingerprint density at radius 2 is 2.29 bits per heavy atom. The predicted molar refractivity (Wildman–Crippen MR) is 73.9 cm³/mol. The standard InChI is InChI=1S/C11H13ClN6O3/c1-17-6-14-16-8(17)4-13-7-3-15-18(5-9(19)21-2)11(20)10(7)12/h3,6,13H,4-5H2,1-2H3. The molecule has 2 aromatic heterocycles. The van der Waals surface area contributed by atoms with Crippen LogP contribution in [-0.4, -0.2) is 37.6 Å². The molecule has 0 aliphatic carbocycles. The van der Waals surface area contributed by atoms with Gasteiger partial charge in [-0.25, -0.2) is 4.68 Å². The number of nitrogens with one attached hydrogen (secondary N) is 1. The minimum absolute atomic E-state index is 0.0592. The Morgan fingerprint density at radius 3 is 2.90 bits per heavy atom. The molecule has 2 aromatic rings. The molecule has 0 spiro atoms. The number of ether oxygens (including phenoxy) is 1. The highest BCUT2D eigenvalue weighted by Gasteiger charge is 2.12. The SMILES string of the molecule is COC(=O)Cn1ncc(NCc2nncn2C)c(Cl)c1=O. The average molecular weight is 313 g/mol. The van der Waals surface area contributed by atoms with Crippen molar-refractivity contribution in [3.05, 3.63) is 33.7 Å². The second kappa shape index (κ2) is 6.35. The highest BCUT2D eigenvalue weighted by atomic mass is 35.5. The molecule has 0 atom stereocenters. The first-order chi connectivity index (χ1) is 10.0. The summed E-state index contributed by atoms with van der Waals surface area (Å²) in [5.74, 6) is 0.0882. The number of rotatable bonds is 5. The highest BCUT2D eigenvalue weighted by molar-refractivity contribution is 6.32. The molecule has 2 rings (SSSR count). The van der Waals surface area contributed by atoms with Gasteiger partial charge in [-0.3, -0.25) is 9.59 Å². The molecule has 10 heteroatoms. The number of anilines is 1. The summed E-state index contributed by atoms with van der Waals surface area (Å²) in [4.78, 5) is 23.1. The molecule has 112 valence electrons. The Kier molecular flexibility index (Phi) is 4.53. The lowest BCUT2D eigenvalue weighted by atomic mass is 10.4. The summed E-state index contributed by atoms with van der Waals surface area (Å²) in [6.45, 7) is 0.0387. The first kappa shape index (κ1) is 15.0. The number of carbonyl (C=O) groups is 1. The fraction of sp³-hybridized carbons (Fsp3) is 0.364. The largest absolute Gasteiger partial charge is 0.468 e. The van der Waals surface area contributed by atoms with E-state index in [9.17, 15) is 9.59 Å². The van der Waals surface area contributed by atoms with E-state index in [1.165, 1.54) is 13.3 Å². The summed E-state index contributed by atoms with van der Waals surface area (Å²) in [6.07, 6.45) is 2.92. The van der Waals surface area contributed by atoms with Crippen molar-refractivity contribution in [1.29, 1.82) is 0 Å². The number of methoxy groups -OCH3 is 1. The molecule has 0 aliphatic heterocycles. The van der Waals surface area contributed by atoms with Gasteiger partial charge in [-0.05, 0) is 0 Å². The maximum atomic E-state index is 12.0. The van der Waals surface area contributed by atoms with Gasteiger partial charge < -0.3 is 14.6 Å². The van der Waals surface area contributed by atoms with E-state index < -0.39 is 11.5 Å². The van der Waals surface area contributed by atoms with Gasteiger partial charge in [-0.1, -0.05) is 11.6 Å². The van der Waals surface area contributed by atoms with E-state index in [0.29, 0.717) is 18.1 Å². The van der Waals surface area contributed by atoms with Crippen LogP contribution in [0.5, 0.6) is 0 Å². The number of hydrogen-bond donors (Lipinski definition) is 1. The van der Waals surface area contributed by atoms with Crippen molar-refractivity contribution in [3.8, 4) is 0 Å². The minimum Gasteiger partial charge on any atom is -0.468 e. The van der Waals surface area contributed by atoms with Gasteiger partial charge in [0.05, 0.1) is 25.5 Å². The molecule has 0 saturated heterocycles. The third-order valence-corrected chi connectivity index (χ3v) is 3.10. The van der Waals surface area contributed by atoms with Crippen LogP contribution in [0.15, 0.2) is 17.3 Å². The van der Waals surface area contributed by atoms with Crippen LogP contribution in [0.1, 0.15) is 5.82 Å². The number of nitrogens with zero attached hydrogens (tertiary/aromatic N) is 5. The molecule has 0 aromatic carbocycles. The molecule has 0 aliphatic rings. The maximum absolute atomic E-state index is 12.0. The van der Waals surface area contributed by atoms with Gasteiger partial charge >= 0.3 is 5.97 Å². The van der Waals surface area contributed by atoms with Crippen LogP contribution < -0.4 is 10.9 Å². The summed E-state index contributed by atoms with van der Waals surface area (Å²) >= 11 is 5.97. The van der Waals surface area contributed by atoms with Crippen molar-refractivity contribution >= 4 is 23.3 Å². The third kappa shape index (κ3) is 3.37. The van der Waals surface area contributed by atoms with Crippen LogP contribution in [0, 0.1) is 0 Å². The molecule has 0 fully saturated rings. The van der Waals surface area contributed by atoms with E-state index in [-0.39, 0.29) is 11.6 Å². The quantitative estimate of drug-likeness (QED) is 0.763. The monoisotopic (exact) mass is 312 g/mol. The Morgan fingerprint density at radius 1 is 1.52 bits per heavy atom. The van der Waals surface area contributed by atoms with E-state index in [2.05, 4.69) is 25.3 Å². The number of hydrogen-bond acceptors (Lipinski definition) is 7. The van der Waals surface area contributed by atoms with Crippen LogP contribution in [0.2, 0.25) is 5.02 Å². The lowest BCUT2D eigenvalue weighted by Crippen LogP contribution is -2.28. The van der Waals surface area contributed by atoms with Crippen molar-refractivity contribution in [2.24, 2.45) is 7.05 Å². The molecule has 21 heavy (non-hydrogen) atoms. The lowest BCUT2D eigenvalue weighted by Gasteiger charge is -2.09. The van der Waals surface area contributed by atoms with E-state index in [4.69, 9.17) is 11.6 Å². The molecule has 0 saturated carbocycles. The van der Waals surface area contributed by atoms with E-state index >= 15 is 0 Å². The zero-order chi connectivity index (χ0) is 15.4. The molecule has 9 nitrogen and oxygen atoms in total. The van der Waals surface area contributed by atoms with E-state index in [0.717, 1.165) is 4.68 Å². The van der Waals surface area contributed by atoms with Gasteiger partial charge in [0.2, 0.25) is 0 Å². The topological polar surface area (TPSA) is 104 Å². The number of carbonyl (C=O) groups excluding carboxylic acids is 1. The van der Waals surface area contributed by atoms with Gasteiger partial charge in [0.25, 0.3) is 5.56 Å². The van der Waals surface area contributed by atoms with Gasteiger partial charge in [0.15, 0.2) is 5.82 Å². The molecular formula is C11H13ClN6O3. The average Bonchev–Trinajstić information content (AvgIpc) is 2.88. The molecule has 0 amide bonds. The Balaban J connectivity index is 2.15. The second-order valence-corrected chi connectivity index (χ2v) is 4.50. The Bertz CT molecular complexity index is 710. The van der Waals surface area contributed by atoms with Crippen LogP contribution >= 0.6 is 11.6 Å². The van der Waals surface area contributed by atoms with Crippen molar-refractivity contribution in [2.75, 3.05) is 12.4 Å². The zero-order valence-corrected chi connectivity index (χ0v) is 12.2. The van der Waals surface area contributed by atoms with Crippen molar-refractivity contribution in [1.82, 2.24) is 24.5 Å². The molecular weight excluding hydrogens is 300 g/mol. The minimum atomic E-state index is -0.583. The predicted octanol–water partition coefficient (Wildman–Crippen LogP) is -0.190. The van der Waals surface area contributed by atoms with E-state index in [1.54, 1.807) is 17.9 Å². The first-order valence-electron chi connectivity index (χ1n) is 5.92. The number of esters is 1. The lowest BCUT2D eigenvalue weighted by molar-refractivity contribution is -0.141. The summed E-state index contributed by atoms with van der Waals surface area (Å²) in [5.41, 5.74) is -0.226. The van der Waals surface area contributed by atoms with Gasteiger partial charge in [-0.2, -0.15) is 5.10 Å². The van der Waals surface area contributed by atoms with Crippen LogP contribution in [-0.2, 0) is 29.7 Å². The van der Waals surface area contributed by atoms with Gasteiger partial charge in [-0.15, -0.1) is 10.2 Å². The van der Waals surface area contributed by atoms with Crippen molar-refractivity contribution < 1.29 is 9.53 Å². The molecule has 0 radical (unpaired) electrons. The summed E-state index contributed by atoms with van der Waals surface area (Å²) < 4.78 is 7.13. The Hall–Kier alpha value is -2.42. The van der Waals surface area contributed by atoms with Crippen molar-refractivity contribution in [3.63, 3.8) is 0 Å². The second-order valence-electron chi connectivity index (χ2n) is 4.12. The smallest absolute Gasteiger partial charge is 0.327 e. The fourth-order valence-electron chi connectivity index (χ4n) is 1.53. The van der Waals surface area contributed by atoms with Crippen molar-refractivity contribution in [2.45, 2.75) is 13.1 Å².